The second-order valence-electron chi connectivity index (χ2n) is 3.68. The van der Waals surface area contributed by atoms with Gasteiger partial charge in [-0.25, -0.2) is 4.39 Å². The molecule has 0 aliphatic carbocycles. The van der Waals surface area contributed by atoms with E-state index < -0.39 is 22.8 Å². The van der Waals surface area contributed by atoms with Gasteiger partial charge in [-0.3, -0.25) is 4.55 Å². The molecule has 0 fully saturated rings. The van der Waals surface area contributed by atoms with E-state index in [4.69, 9.17) is 4.55 Å². The van der Waals surface area contributed by atoms with Crippen LogP contribution in [0.2, 0.25) is 0 Å². The van der Waals surface area contributed by atoms with E-state index in [2.05, 4.69) is 0 Å². The van der Waals surface area contributed by atoms with E-state index in [0.29, 0.717) is 5.56 Å². The minimum absolute atomic E-state index is 0.187. The third-order valence-electron chi connectivity index (χ3n) is 2.33. The molecule has 1 atom stereocenters. The van der Waals surface area contributed by atoms with Crippen molar-refractivity contribution in [3.63, 3.8) is 0 Å². The Hall–Kier alpha value is -0.980. The minimum Gasteiger partial charge on any atom is -0.300 e. The van der Waals surface area contributed by atoms with Crippen LogP contribution in [-0.4, -0.2) is 38.6 Å². The van der Waals surface area contributed by atoms with Crippen LogP contribution in [0, 0.1) is 0 Å². The van der Waals surface area contributed by atoms with Gasteiger partial charge in [-0.2, -0.15) is 8.42 Å². The third-order valence-corrected chi connectivity index (χ3v) is 3.20. The maximum atomic E-state index is 12.7. The predicted molar refractivity (Wildman–Crippen MR) is 58.7 cm³/mol. The van der Waals surface area contributed by atoms with Crippen molar-refractivity contribution < 1.29 is 17.4 Å². The third kappa shape index (κ3) is 3.01. The fraction of sp³-hybridized carbons (Fsp3) is 0.400. The van der Waals surface area contributed by atoms with Crippen LogP contribution in [0.25, 0.3) is 0 Å². The number of nitrogens with zero attached hydrogens (tertiary/aromatic N) is 1. The first-order valence-corrected chi connectivity index (χ1v) is 6.10. The van der Waals surface area contributed by atoms with Crippen LogP contribution in [0.5, 0.6) is 0 Å². The number of rotatable bonds is 4. The van der Waals surface area contributed by atoms with Gasteiger partial charge in [0.25, 0.3) is 10.1 Å². The molecular formula is C10H14FNO3S. The fourth-order valence-corrected chi connectivity index (χ4v) is 1.87. The molecule has 90 valence electrons. The Balaban J connectivity index is 3.03. The number of benzene rings is 1. The van der Waals surface area contributed by atoms with Crippen molar-refractivity contribution in [2.45, 2.75) is 10.9 Å². The van der Waals surface area contributed by atoms with E-state index in [-0.39, 0.29) is 4.90 Å². The van der Waals surface area contributed by atoms with Crippen molar-refractivity contribution in [3.8, 4) is 0 Å². The summed E-state index contributed by atoms with van der Waals surface area (Å²) in [4.78, 5) is 1.51. The summed E-state index contributed by atoms with van der Waals surface area (Å²) in [6.45, 7) is -0.557. The Kier molecular flexibility index (Phi) is 4.01. The quantitative estimate of drug-likeness (QED) is 0.819. The molecule has 1 N–H and O–H groups in total. The lowest BCUT2D eigenvalue weighted by molar-refractivity contribution is 0.242. The maximum Gasteiger partial charge on any atom is 0.294 e. The molecule has 4 nitrogen and oxygen atoms in total. The Morgan fingerprint density at radius 1 is 1.31 bits per heavy atom. The van der Waals surface area contributed by atoms with Gasteiger partial charge in [0.15, 0.2) is 0 Å². The first-order chi connectivity index (χ1) is 7.36. The molecule has 1 rings (SSSR count). The van der Waals surface area contributed by atoms with E-state index in [0.717, 1.165) is 0 Å². The zero-order valence-corrected chi connectivity index (χ0v) is 9.91. The van der Waals surface area contributed by atoms with Crippen molar-refractivity contribution in [3.05, 3.63) is 29.8 Å². The van der Waals surface area contributed by atoms with Crippen LogP contribution in [-0.2, 0) is 10.1 Å². The lowest BCUT2D eigenvalue weighted by atomic mass is 10.1. The summed E-state index contributed by atoms with van der Waals surface area (Å²) in [5, 5.41) is 0. The van der Waals surface area contributed by atoms with Crippen LogP contribution < -0.4 is 0 Å². The molecule has 0 spiro atoms. The topological polar surface area (TPSA) is 57.6 Å². The summed E-state index contributed by atoms with van der Waals surface area (Å²) >= 11 is 0. The highest BCUT2D eigenvalue weighted by molar-refractivity contribution is 7.85. The van der Waals surface area contributed by atoms with E-state index in [1.807, 2.05) is 0 Å². The molecule has 16 heavy (non-hydrogen) atoms. The molecule has 0 heterocycles. The van der Waals surface area contributed by atoms with E-state index >= 15 is 0 Å². The average molecular weight is 247 g/mol. The van der Waals surface area contributed by atoms with Gasteiger partial charge >= 0.3 is 0 Å². The van der Waals surface area contributed by atoms with E-state index in [1.165, 1.54) is 24.3 Å². The Morgan fingerprint density at radius 2 is 1.81 bits per heavy atom. The highest BCUT2D eigenvalue weighted by atomic mass is 32.2. The van der Waals surface area contributed by atoms with Gasteiger partial charge < -0.3 is 4.90 Å². The molecular weight excluding hydrogens is 233 g/mol. The lowest BCUT2D eigenvalue weighted by Crippen LogP contribution is -2.21. The molecule has 0 amide bonds. The van der Waals surface area contributed by atoms with Crippen LogP contribution in [0.3, 0.4) is 0 Å². The van der Waals surface area contributed by atoms with Crippen LogP contribution >= 0.6 is 0 Å². The average Bonchev–Trinajstić information content (AvgIpc) is 2.17. The molecule has 0 aromatic heterocycles. The summed E-state index contributed by atoms with van der Waals surface area (Å²) in [6, 6.07) is 5.10. The predicted octanol–water partition coefficient (Wildman–Crippen LogP) is 1.51. The van der Waals surface area contributed by atoms with Gasteiger partial charge in [-0.05, 0) is 31.8 Å². The van der Waals surface area contributed by atoms with Crippen molar-refractivity contribution in [2.24, 2.45) is 0 Å². The molecule has 0 saturated carbocycles. The molecule has 1 aromatic rings. The molecule has 1 unspecified atom stereocenters. The van der Waals surface area contributed by atoms with Crippen LogP contribution in [0.4, 0.5) is 4.39 Å². The highest BCUT2D eigenvalue weighted by Crippen LogP contribution is 2.20. The molecule has 0 bridgehead atoms. The Labute approximate surface area is 94.4 Å². The van der Waals surface area contributed by atoms with Crippen molar-refractivity contribution in [1.29, 1.82) is 0 Å². The Bertz CT molecular complexity index is 442. The highest BCUT2D eigenvalue weighted by Gasteiger charge is 2.15. The van der Waals surface area contributed by atoms with E-state index in [1.54, 1.807) is 19.0 Å². The first kappa shape index (κ1) is 13.1. The summed E-state index contributed by atoms with van der Waals surface area (Å²) in [5.41, 5.74) is 0.667. The molecule has 0 aliphatic rings. The SMILES string of the molecule is CN(C)C(CF)c1ccc(S(=O)(=O)O)cc1. The molecule has 0 aliphatic heterocycles. The fourth-order valence-electron chi connectivity index (χ4n) is 1.39. The lowest BCUT2D eigenvalue weighted by Gasteiger charge is -2.21. The number of halogens is 1. The summed E-state index contributed by atoms with van der Waals surface area (Å²) in [6.07, 6.45) is 0. The zero-order valence-electron chi connectivity index (χ0n) is 9.09. The summed E-state index contributed by atoms with van der Waals surface area (Å²) in [7, 11) is -0.706. The van der Waals surface area contributed by atoms with Gasteiger partial charge in [-0.1, -0.05) is 12.1 Å². The molecule has 0 saturated heterocycles. The van der Waals surface area contributed by atoms with Crippen LogP contribution in [0.15, 0.2) is 29.2 Å². The second-order valence-corrected chi connectivity index (χ2v) is 5.10. The van der Waals surface area contributed by atoms with Gasteiger partial charge in [0.1, 0.15) is 6.67 Å². The second kappa shape index (κ2) is 4.90. The standard InChI is InChI=1S/C10H14FNO3S/c1-12(2)10(7-11)8-3-5-9(6-4-8)16(13,14)15/h3-6,10H,7H2,1-2H3,(H,13,14,15). The molecule has 6 heteroatoms. The first-order valence-electron chi connectivity index (χ1n) is 4.66. The molecule has 0 radical (unpaired) electrons. The normalized spacial score (nSPS) is 14.1. The largest absolute Gasteiger partial charge is 0.300 e. The smallest absolute Gasteiger partial charge is 0.294 e. The van der Waals surface area contributed by atoms with Gasteiger partial charge in [0.05, 0.1) is 10.9 Å². The van der Waals surface area contributed by atoms with Crippen molar-refractivity contribution in [1.82, 2.24) is 4.90 Å². The zero-order chi connectivity index (χ0) is 12.3. The number of hydrogen-bond donors (Lipinski definition) is 1. The van der Waals surface area contributed by atoms with Crippen molar-refractivity contribution >= 4 is 10.1 Å². The number of hydrogen-bond acceptors (Lipinski definition) is 3. The molecule has 1 aromatic carbocycles. The van der Waals surface area contributed by atoms with Crippen molar-refractivity contribution in [2.75, 3.05) is 20.8 Å². The Morgan fingerprint density at radius 3 is 2.12 bits per heavy atom. The maximum absolute atomic E-state index is 12.7. The van der Waals surface area contributed by atoms with Crippen LogP contribution in [0.1, 0.15) is 11.6 Å². The van der Waals surface area contributed by atoms with Gasteiger partial charge in [0, 0.05) is 0 Å². The monoisotopic (exact) mass is 247 g/mol. The summed E-state index contributed by atoms with van der Waals surface area (Å²) < 4.78 is 43.1. The minimum atomic E-state index is -4.18. The van der Waals surface area contributed by atoms with Gasteiger partial charge in [-0.15, -0.1) is 0 Å². The summed E-state index contributed by atoms with van der Waals surface area (Å²) in [5.74, 6) is 0. The van der Waals surface area contributed by atoms with Gasteiger partial charge in [0.2, 0.25) is 0 Å². The van der Waals surface area contributed by atoms with E-state index in [9.17, 15) is 12.8 Å². The number of alkyl halides is 1.